The second-order valence-electron chi connectivity index (χ2n) is 17.1. The van der Waals surface area contributed by atoms with Crippen LogP contribution in [-0.2, 0) is 0 Å². The van der Waals surface area contributed by atoms with Gasteiger partial charge in [-0.3, -0.25) is 0 Å². The zero-order chi connectivity index (χ0) is 42.9. The van der Waals surface area contributed by atoms with Crippen LogP contribution in [0.1, 0.15) is 0 Å². The number of hydrogen-bond donors (Lipinski definition) is 0. The van der Waals surface area contributed by atoms with Gasteiger partial charge < -0.3 is 14.0 Å². The van der Waals surface area contributed by atoms with Crippen LogP contribution in [0.5, 0.6) is 17.2 Å². The fourth-order valence-corrected chi connectivity index (χ4v) is 15.5. The molecule has 0 unspecified atom stereocenters. The molecule has 0 spiro atoms. The van der Waals surface area contributed by atoms with E-state index < -0.39 is 8.07 Å². The molecule has 0 fully saturated rings. The lowest BCUT2D eigenvalue weighted by Gasteiger charge is -2.35. The number of rotatable bonds is 7. The average molecular weight is 846 g/mol. The molecule has 0 aliphatic carbocycles. The molecular weight excluding hydrogens is 806 g/mol. The molecular formula is C60H40BNO2Si. The lowest BCUT2D eigenvalue weighted by Crippen LogP contribution is -2.74. The minimum Gasteiger partial charge on any atom is -0.551 e. The van der Waals surface area contributed by atoms with Gasteiger partial charge >= 0.3 is 6.92 Å². The van der Waals surface area contributed by atoms with E-state index in [0.29, 0.717) is 0 Å². The van der Waals surface area contributed by atoms with Crippen molar-refractivity contribution in [2.75, 3.05) is 0 Å². The fraction of sp³-hybridized carbons (Fsp3) is 0. The molecule has 5 heteroatoms. The second-order valence-corrected chi connectivity index (χ2v) is 20.9. The predicted octanol–water partition coefficient (Wildman–Crippen LogP) is 10.8. The Morgan fingerprint density at radius 3 is 1.54 bits per heavy atom. The average Bonchev–Trinajstić information content (AvgIpc) is 3.72. The molecule has 304 valence electrons. The molecule has 0 saturated carbocycles. The van der Waals surface area contributed by atoms with Crippen LogP contribution in [-0.4, -0.2) is 19.6 Å². The first-order valence-electron chi connectivity index (χ1n) is 22.3. The number of hydrogen-bond acceptors (Lipinski definition) is 2. The Labute approximate surface area is 379 Å². The number of ether oxygens (including phenoxy) is 1. The van der Waals surface area contributed by atoms with E-state index in [1.54, 1.807) is 0 Å². The van der Waals surface area contributed by atoms with Crippen LogP contribution in [0.2, 0.25) is 0 Å². The van der Waals surface area contributed by atoms with Gasteiger partial charge in [-0.15, -0.1) is 0 Å². The van der Waals surface area contributed by atoms with Gasteiger partial charge in [0.15, 0.2) is 8.07 Å². The summed E-state index contributed by atoms with van der Waals surface area (Å²) in [5, 5.41) is 7.90. The number of benzene rings is 10. The Balaban J connectivity index is 0.891. The Hall–Kier alpha value is -8.12. The third kappa shape index (κ3) is 5.90. The molecule has 11 aromatic rings. The van der Waals surface area contributed by atoms with E-state index in [2.05, 4.69) is 247 Å². The SMILES string of the molecule is c1ccc([Si](c2ccccc2)(c2ccccc2)c2cccc(-c3ccc4c(c3)B3Oc5ccc(-c6cccc(-n7c8ccccc8c8ccccc87)c6)cc5-c5cccc(c53)O4)c2)cc1. The van der Waals surface area contributed by atoms with Crippen molar-refractivity contribution < 1.29 is 9.39 Å². The summed E-state index contributed by atoms with van der Waals surface area (Å²) in [4.78, 5) is 0. The summed E-state index contributed by atoms with van der Waals surface area (Å²) in [6.07, 6.45) is 0. The number of fused-ring (bicyclic) bond motifs is 7. The van der Waals surface area contributed by atoms with Gasteiger partial charge in [-0.25, -0.2) is 0 Å². The Kier molecular flexibility index (Phi) is 8.65. The maximum absolute atomic E-state index is 7.10. The zero-order valence-corrected chi connectivity index (χ0v) is 36.4. The monoisotopic (exact) mass is 845 g/mol. The first-order chi connectivity index (χ1) is 32.2. The van der Waals surface area contributed by atoms with E-state index in [1.165, 1.54) is 42.6 Å². The van der Waals surface area contributed by atoms with Crippen LogP contribution in [0, 0.1) is 0 Å². The van der Waals surface area contributed by atoms with Crippen molar-refractivity contribution in [3.05, 3.63) is 243 Å². The summed E-state index contributed by atoms with van der Waals surface area (Å²) in [6.45, 7) is -0.323. The summed E-state index contributed by atoms with van der Waals surface area (Å²) in [6, 6.07) is 88.4. The molecule has 0 amide bonds. The van der Waals surface area contributed by atoms with Gasteiger partial charge in [0.05, 0.1) is 11.0 Å². The van der Waals surface area contributed by atoms with Crippen LogP contribution in [0.3, 0.4) is 0 Å². The number of para-hydroxylation sites is 2. The van der Waals surface area contributed by atoms with E-state index in [-0.39, 0.29) is 6.92 Å². The highest BCUT2D eigenvalue weighted by Gasteiger charge is 2.43. The van der Waals surface area contributed by atoms with E-state index in [0.717, 1.165) is 67.2 Å². The fourth-order valence-electron chi connectivity index (χ4n) is 10.7. The second kappa shape index (κ2) is 15.0. The minimum absolute atomic E-state index is 0.323. The number of aromatic nitrogens is 1. The first kappa shape index (κ1) is 37.4. The lowest BCUT2D eigenvalue weighted by molar-refractivity contribution is 0.479. The van der Waals surface area contributed by atoms with E-state index in [1.807, 2.05) is 0 Å². The molecule has 0 saturated heterocycles. The summed E-state index contributed by atoms with van der Waals surface area (Å²) in [5.41, 5.74) is 12.4. The van der Waals surface area contributed by atoms with Crippen molar-refractivity contribution in [1.82, 2.24) is 4.57 Å². The molecule has 0 atom stereocenters. The van der Waals surface area contributed by atoms with Gasteiger partial charge in [0.1, 0.15) is 17.2 Å². The smallest absolute Gasteiger partial charge is 0.434 e. The predicted molar refractivity (Wildman–Crippen MR) is 273 cm³/mol. The Morgan fingerprint density at radius 1 is 0.354 bits per heavy atom. The van der Waals surface area contributed by atoms with E-state index in [4.69, 9.17) is 9.39 Å². The van der Waals surface area contributed by atoms with Gasteiger partial charge in [0, 0.05) is 32.9 Å². The van der Waals surface area contributed by atoms with Gasteiger partial charge in [-0.1, -0.05) is 194 Å². The van der Waals surface area contributed by atoms with Crippen LogP contribution in [0.15, 0.2) is 243 Å². The topological polar surface area (TPSA) is 23.4 Å². The van der Waals surface area contributed by atoms with Crippen LogP contribution in [0.25, 0.3) is 60.9 Å². The normalized spacial score (nSPS) is 12.5. The molecule has 3 nitrogen and oxygen atoms in total. The number of nitrogens with zero attached hydrogens (tertiary/aromatic N) is 1. The highest BCUT2D eigenvalue weighted by molar-refractivity contribution is 7.19. The first-order valence-corrected chi connectivity index (χ1v) is 24.3. The van der Waals surface area contributed by atoms with Gasteiger partial charge in [-0.2, -0.15) is 0 Å². The largest absolute Gasteiger partial charge is 0.551 e. The standard InChI is InChI=1S/C60H40BNO2Si/c1-4-20-46(21-5-1)65(47-22-6-2-7-23-47,48-24-8-3-9-25-48)49-26-15-18-42(38-49)44-34-36-58-54(40-44)61-60-52(29-16-32-59(60)63-58)53-39-43(33-35-57(53)64-61)41-17-14-19-45(37-41)62-55-30-12-10-27-50(55)51-28-11-13-31-56(51)62/h1-40H. The molecule has 2 aliphatic rings. The van der Waals surface area contributed by atoms with Crippen LogP contribution in [0.4, 0.5) is 0 Å². The van der Waals surface area contributed by atoms with Crippen molar-refractivity contribution >= 4 is 68.5 Å². The molecule has 0 N–H and O–H groups in total. The minimum atomic E-state index is -2.72. The maximum atomic E-state index is 7.10. The van der Waals surface area contributed by atoms with Gasteiger partial charge in [-0.05, 0) is 97.1 Å². The Morgan fingerprint density at radius 2 is 0.877 bits per heavy atom. The molecule has 3 heterocycles. The molecule has 0 bridgehead atoms. The molecule has 10 aromatic carbocycles. The zero-order valence-electron chi connectivity index (χ0n) is 35.4. The highest BCUT2D eigenvalue weighted by Crippen LogP contribution is 2.42. The van der Waals surface area contributed by atoms with E-state index in [9.17, 15) is 0 Å². The van der Waals surface area contributed by atoms with Crippen molar-refractivity contribution in [2.24, 2.45) is 0 Å². The highest BCUT2D eigenvalue weighted by atomic mass is 28.3. The quantitative estimate of drug-likeness (QED) is 0.118. The Bertz CT molecular complexity index is 3470. The third-order valence-electron chi connectivity index (χ3n) is 13.6. The van der Waals surface area contributed by atoms with Crippen molar-refractivity contribution in [3.8, 4) is 56.3 Å². The van der Waals surface area contributed by atoms with Crippen molar-refractivity contribution in [1.29, 1.82) is 0 Å². The summed E-state index contributed by atoms with van der Waals surface area (Å²) in [5.74, 6) is 2.53. The van der Waals surface area contributed by atoms with Gasteiger partial charge in [0.2, 0.25) is 0 Å². The van der Waals surface area contributed by atoms with Crippen LogP contribution < -0.4 is 41.1 Å². The summed E-state index contributed by atoms with van der Waals surface area (Å²) in [7, 11) is -2.72. The molecule has 2 aliphatic heterocycles. The lowest BCUT2D eigenvalue weighted by atomic mass is 9.50. The molecule has 13 rings (SSSR count). The van der Waals surface area contributed by atoms with Gasteiger partial charge in [0.25, 0.3) is 0 Å². The molecule has 0 radical (unpaired) electrons. The van der Waals surface area contributed by atoms with Crippen molar-refractivity contribution in [3.63, 3.8) is 0 Å². The van der Waals surface area contributed by atoms with E-state index >= 15 is 0 Å². The van der Waals surface area contributed by atoms with Crippen LogP contribution >= 0.6 is 0 Å². The van der Waals surface area contributed by atoms with Crippen molar-refractivity contribution in [2.45, 2.75) is 0 Å². The molecule has 1 aromatic heterocycles. The third-order valence-corrected chi connectivity index (χ3v) is 18.4. The maximum Gasteiger partial charge on any atom is 0.434 e. The summed E-state index contributed by atoms with van der Waals surface area (Å²) < 4.78 is 16.2. The summed E-state index contributed by atoms with van der Waals surface area (Å²) >= 11 is 0. The molecule has 65 heavy (non-hydrogen) atoms.